The summed E-state index contributed by atoms with van der Waals surface area (Å²) in [5.41, 5.74) is 0. The number of methoxy groups -OCH3 is 1. The van der Waals surface area contributed by atoms with Crippen molar-refractivity contribution >= 4 is 24.6 Å². The van der Waals surface area contributed by atoms with E-state index in [1.165, 1.54) is 7.11 Å². The van der Waals surface area contributed by atoms with E-state index in [4.69, 9.17) is 18.6 Å². The van der Waals surface area contributed by atoms with E-state index < -0.39 is 17.0 Å². The molecule has 0 amide bonds. The molecule has 0 aliphatic heterocycles. The molecule has 0 unspecified atom stereocenters. The van der Waals surface area contributed by atoms with Gasteiger partial charge in [0.25, 0.3) is 0 Å². The fourth-order valence-electron chi connectivity index (χ4n) is 0.725. The third kappa shape index (κ3) is 4.99. The van der Waals surface area contributed by atoms with Gasteiger partial charge in [0.05, 0.1) is 13.0 Å². The molecule has 12 heavy (non-hydrogen) atoms. The Kier molecular flexibility index (Phi) is 8.03. The average Bonchev–Trinajstić information content (AvgIpc) is 2.56. The van der Waals surface area contributed by atoms with E-state index in [0.29, 0.717) is 0 Å². The van der Waals surface area contributed by atoms with Crippen LogP contribution in [0.2, 0.25) is 0 Å². The van der Waals surface area contributed by atoms with Crippen LogP contribution in [0.3, 0.4) is 0 Å². The van der Waals surface area contributed by atoms with Gasteiger partial charge in [-0.05, 0) is 0 Å². The molecule has 0 radical (unpaired) electrons. The van der Waals surface area contributed by atoms with Gasteiger partial charge in [0.1, 0.15) is 0 Å². The van der Waals surface area contributed by atoms with Gasteiger partial charge in [-0.25, -0.2) is 0 Å². The number of hydrogen-bond donors (Lipinski definition) is 0. The molecule has 0 heterocycles. The van der Waals surface area contributed by atoms with Gasteiger partial charge >= 0.3 is 41.6 Å². The number of carbonyl (C=O) groups excluding carboxylic acids is 1. The van der Waals surface area contributed by atoms with Crippen LogP contribution in [0.4, 0.5) is 0 Å². The molecule has 0 saturated heterocycles. The molecule has 1 aliphatic rings. The zero-order valence-electron chi connectivity index (χ0n) is 6.46. The van der Waals surface area contributed by atoms with Crippen LogP contribution >= 0.6 is 18.6 Å². The maximum absolute atomic E-state index is 10.7. The molecular weight excluding hydrogens is 235 g/mol. The maximum atomic E-state index is 10.7. The molecule has 1 aliphatic carbocycles. The summed E-state index contributed by atoms with van der Waals surface area (Å²) in [6, 6.07) is 0. The predicted octanol–water partition coefficient (Wildman–Crippen LogP) is 2.28. The van der Waals surface area contributed by atoms with Gasteiger partial charge in [-0.2, -0.15) is 0 Å². The van der Waals surface area contributed by atoms with E-state index in [-0.39, 0.29) is 11.9 Å². The zero-order valence-corrected chi connectivity index (χ0v) is 9.53. The first-order chi connectivity index (χ1) is 5.76. The molecule has 0 saturated carbocycles. The summed E-state index contributed by atoms with van der Waals surface area (Å²) >= 11 is -0.556. The van der Waals surface area contributed by atoms with Gasteiger partial charge in [-0.1, -0.05) is 24.3 Å². The van der Waals surface area contributed by atoms with E-state index in [2.05, 4.69) is 4.74 Å². The zero-order chi connectivity index (χ0) is 9.40. The van der Waals surface area contributed by atoms with Crippen molar-refractivity contribution in [2.45, 2.75) is 0 Å². The molecule has 0 atom stereocenters. The number of ether oxygens (including phenoxy) is 1. The van der Waals surface area contributed by atoms with E-state index in [0.717, 1.165) is 0 Å². The molecule has 0 aromatic carbocycles. The molecule has 66 valence electrons. The summed E-state index contributed by atoms with van der Waals surface area (Å²) in [6.45, 7) is 0. The van der Waals surface area contributed by atoms with Crippen LogP contribution < -0.4 is 0 Å². The standard InChI is InChI=1S/C7H8O2.2ClH.Ti/c1-9-7(8)6-4-2-3-5-6;;;/h2-6H,1H3;2*1H;/q;;;+2/p-2. The molecule has 0 fully saturated rings. The third-order valence-electron chi connectivity index (χ3n) is 1.22. The monoisotopic (exact) mass is 242 g/mol. The first-order valence-corrected chi connectivity index (χ1v) is 7.45. The van der Waals surface area contributed by atoms with Crippen LogP contribution in [0.15, 0.2) is 24.3 Å². The molecule has 2 nitrogen and oxygen atoms in total. The molecule has 1 rings (SSSR count). The van der Waals surface area contributed by atoms with E-state index in [1.807, 2.05) is 12.2 Å². The van der Waals surface area contributed by atoms with Crippen LogP contribution in [0.1, 0.15) is 0 Å². The summed E-state index contributed by atoms with van der Waals surface area (Å²) in [4.78, 5) is 10.7. The second kappa shape index (κ2) is 7.87. The second-order valence-electron chi connectivity index (χ2n) is 1.89. The predicted molar refractivity (Wildman–Crippen MR) is 45.5 cm³/mol. The molecular formula is C7H8Cl2O2Ti. The van der Waals surface area contributed by atoms with E-state index in [1.54, 1.807) is 12.2 Å². The summed E-state index contributed by atoms with van der Waals surface area (Å²) < 4.78 is 4.49. The van der Waals surface area contributed by atoms with Crippen LogP contribution in [0.5, 0.6) is 0 Å². The van der Waals surface area contributed by atoms with Gasteiger partial charge in [-0.15, -0.1) is 0 Å². The fraction of sp³-hybridized carbons (Fsp3) is 0.286. The number of carbonyl (C=O) groups is 1. The summed E-state index contributed by atoms with van der Waals surface area (Å²) in [5.74, 6) is -0.338. The van der Waals surface area contributed by atoms with Crippen LogP contribution in [0, 0.1) is 5.92 Å². The molecule has 0 spiro atoms. The average molecular weight is 243 g/mol. The Balaban J connectivity index is 0.000000354. The van der Waals surface area contributed by atoms with Gasteiger partial charge < -0.3 is 4.74 Å². The van der Waals surface area contributed by atoms with Gasteiger partial charge in [-0.3, -0.25) is 4.79 Å². The SMILES string of the molecule is COC(=O)C1C=CC=C1.[Cl][Ti][Cl]. The van der Waals surface area contributed by atoms with Crippen molar-refractivity contribution in [1.82, 2.24) is 0 Å². The first kappa shape index (κ1) is 12.2. The number of hydrogen-bond acceptors (Lipinski definition) is 2. The number of esters is 1. The Morgan fingerprint density at radius 1 is 1.42 bits per heavy atom. The molecule has 0 aromatic heterocycles. The van der Waals surface area contributed by atoms with Crippen LogP contribution in [-0.4, -0.2) is 13.1 Å². The van der Waals surface area contributed by atoms with E-state index >= 15 is 0 Å². The van der Waals surface area contributed by atoms with Crippen molar-refractivity contribution in [3.63, 3.8) is 0 Å². The van der Waals surface area contributed by atoms with Crippen molar-refractivity contribution in [1.29, 1.82) is 0 Å². The Morgan fingerprint density at radius 2 is 1.83 bits per heavy atom. The second-order valence-corrected chi connectivity index (χ2v) is 4.47. The van der Waals surface area contributed by atoms with Gasteiger partial charge in [0.2, 0.25) is 0 Å². The summed E-state index contributed by atoms with van der Waals surface area (Å²) in [7, 11) is 11.2. The Labute approximate surface area is 88.2 Å². The molecule has 0 aromatic rings. The fourth-order valence-corrected chi connectivity index (χ4v) is 0.725. The molecule has 0 N–H and O–H groups in total. The van der Waals surface area contributed by atoms with Crippen molar-refractivity contribution in [2.75, 3.05) is 7.11 Å². The van der Waals surface area contributed by atoms with E-state index in [9.17, 15) is 4.79 Å². The first-order valence-electron chi connectivity index (χ1n) is 3.15. The van der Waals surface area contributed by atoms with Crippen molar-refractivity contribution < 1.29 is 26.6 Å². The third-order valence-corrected chi connectivity index (χ3v) is 1.22. The minimum absolute atomic E-state index is 0.144. The topological polar surface area (TPSA) is 26.3 Å². The van der Waals surface area contributed by atoms with Crippen LogP contribution in [0.25, 0.3) is 0 Å². The quantitative estimate of drug-likeness (QED) is 0.521. The number of halogens is 2. The number of rotatable bonds is 1. The van der Waals surface area contributed by atoms with Crippen molar-refractivity contribution in [3.8, 4) is 0 Å². The molecule has 0 bridgehead atoms. The van der Waals surface area contributed by atoms with Crippen LogP contribution in [-0.2, 0) is 26.6 Å². The van der Waals surface area contributed by atoms with Gasteiger partial charge in [0, 0.05) is 0 Å². The van der Waals surface area contributed by atoms with Gasteiger partial charge in [0.15, 0.2) is 0 Å². The Bertz CT molecular complexity index is 180. The summed E-state index contributed by atoms with van der Waals surface area (Å²) in [6.07, 6.45) is 7.26. The normalized spacial score (nSPS) is 13.6. The minimum atomic E-state index is -0.556. The summed E-state index contributed by atoms with van der Waals surface area (Å²) in [5, 5.41) is 0. The Morgan fingerprint density at radius 3 is 2.17 bits per heavy atom. The molecule has 5 heteroatoms. The Hall–Kier alpha value is 0.244. The van der Waals surface area contributed by atoms with Crippen molar-refractivity contribution in [3.05, 3.63) is 24.3 Å². The van der Waals surface area contributed by atoms with Crippen molar-refractivity contribution in [2.24, 2.45) is 5.92 Å². The number of allylic oxidation sites excluding steroid dienone is 2.